The summed E-state index contributed by atoms with van der Waals surface area (Å²) in [7, 11) is 1.90. The molecule has 1 aliphatic heterocycles. The third kappa shape index (κ3) is 4.27. The van der Waals surface area contributed by atoms with Gasteiger partial charge < -0.3 is 9.30 Å². The van der Waals surface area contributed by atoms with E-state index in [0.29, 0.717) is 31.6 Å². The lowest BCUT2D eigenvalue weighted by Crippen LogP contribution is -2.31. The Morgan fingerprint density at radius 2 is 1.79 bits per heavy atom. The van der Waals surface area contributed by atoms with Crippen LogP contribution in [0.2, 0.25) is 0 Å². The van der Waals surface area contributed by atoms with Crippen LogP contribution in [0.4, 0.5) is 17.6 Å². The monoisotopic (exact) mass is 405 g/mol. The van der Waals surface area contributed by atoms with Crippen molar-refractivity contribution < 1.29 is 22.3 Å². The van der Waals surface area contributed by atoms with E-state index >= 15 is 0 Å². The molecule has 0 bridgehead atoms. The van der Waals surface area contributed by atoms with E-state index in [1.54, 1.807) is 24.3 Å². The molecule has 0 radical (unpaired) electrons. The van der Waals surface area contributed by atoms with Crippen LogP contribution in [0, 0.1) is 5.82 Å². The minimum absolute atomic E-state index is 0.178. The van der Waals surface area contributed by atoms with E-state index in [-0.39, 0.29) is 11.6 Å². The summed E-state index contributed by atoms with van der Waals surface area (Å²) in [4.78, 5) is 6.76. The van der Waals surface area contributed by atoms with Crippen LogP contribution < -0.4 is 4.74 Å². The van der Waals surface area contributed by atoms with Crippen molar-refractivity contribution in [2.45, 2.75) is 25.9 Å². The van der Waals surface area contributed by atoms with Gasteiger partial charge in [-0.3, -0.25) is 4.90 Å². The fraction of sp³-hybridized carbons (Fsp3) is 0.286. The lowest BCUT2D eigenvalue weighted by molar-refractivity contribution is -0.275. The Balaban J connectivity index is 1.55. The first kappa shape index (κ1) is 19.4. The Kier molecular flexibility index (Phi) is 5.04. The molecule has 3 aromatic rings. The van der Waals surface area contributed by atoms with Crippen LogP contribution in [0.3, 0.4) is 0 Å². The quantitative estimate of drug-likeness (QED) is 0.591. The van der Waals surface area contributed by atoms with E-state index in [1.807, 2.05) is 11.6 Å². The predicted octanol–water partition coefficient (Wildman–Crippen LogP) is 4.68. The first-order valence-electron chi connectivity index (χ1n) is 9.16. The third-order valence-corrected chi connectivity index (χ3v) is 5.03. The molecule has 29 heavy (non-hydrogen) atoms. The number of benzene rings is 2. The highest BCUT2D eigenvalue weighted by molar-refractivity contribution is 5.57. The molecule has 0 N–H and O–H groups in total. The average molecular weight is 405 g/mol. The summed E-state index contributed by atoms with van der Waals surface area (Å²) in [6.45, 7) is 1.57. The van der Waals surface area contributed by atoms with E-state index < -0.39 is 6.36 Å². The van der Waals surface area contributed by atoms with Gasteiger partial charge in [-0.25, -0.2) is 9.37 Å². The molecule has 152 valence electrons. The highest BCUT2D eigenvalue weighted by atomic mass is 19.4. The maximum Gasteiger partial charge on any atom is 0.573 e. The van der Waals surface area contributed by atoms with Gasteiger partial charge in [-0.2, -0.15) is 0 Å². The van der Waals surface area contributed by atoms with Gasteiger partial charge in [0.05, 0.1) is 11.4 Å². The van der Waals surface area contributed by atoms with E-state index in [9.17, 15) is 17.6 Å². The SMILES string of the molecule is Cn1c(-c2ccc(F)cc2)nc2c1CN(Cc1ccccc1OC(F)(F)F)CC2. The van der Waals surface area contributed by atoms with Gasteiger partial charge in [-0.15, -0.1) is 13.2 Å². The molecular weight excluding hydrogens is 386 g/mol. The van der Waals surface area contributed by atoms with E-state index in [4.69, 9.17) is 4.98 Å². The van der Waals surface area contributed by atoms with Crippen molar-refractivity contribution in [3.8, 4) is 17.1 Å². The first-order valence-corrected chi connectivity index (χ1v) is 9.16. The second-order valence-corrected chi connectivity index (χ2v) is 7.01. The molecule has 0 aliphatic carbocycles. The molecule has 4 nitrogen and oxygen atoms in total. The van der Waals surface area contributed by atoms with Crippen LogP contribution in [0.5, 0.6) is 5.75 Å². The van der Waals surface area contributed by atoms with Gasteiger partial charge in [0.25, 0.3) is 0 Å². The summed E-state index contributed by atoms with van der Waals surface area (Å²) in [5, 5.41) is 0. The molecule has 0 amide bonds. The smallest absolute Gasteiger partial charge is 0.405 e. The molecule has 4 rings (SSSR count). The van der Waals surface area contributed by atoms with Gasteiger partial charge in [0.1, 0.15) is 17.4 Å². The number of para-hydroxylation sites is 1. The molecule has 0 atom stereocenters. The van der Waals surface area contributed by atoms with Gasteiger partial charge in [0, 0.05) is 44.2 Å². The summed E-state index contributed by atoms with van der Waals surface area (Å²) >= 11 is 0. The van der Waals surface area contributed by atoms with Crippen LogP contribution in [0.15, 0.2) is 48.5 Å². The number of hydrogen-bond acceptors (Lipinski definition) is 3. The minimum Gasteiger partial charge on any atom is -0.405 e. The zero-order valence-electron chi connectivity index (χ0n) is 15.7. The van der Waals surface area contributed by atoms with Gasteiger partial charge >= 0.3 is 6.36 Å². The van der Waals surface area contributed by atoms with Crippen LogP contribution in [0.1, 0.15) is 17.0 Å². The molecule has 1 aliphatic rings. The maximum atomic E-state index is 13.2. The predicted molar refractivity (Wildman–Crippen MR) is 99.5 cm³/mol. The molecule has 8 heteroatoms. The van der Waals surface area contributed by atoms with Crippen molar-refractivity contribution in [1.29, 1.82) is 0 Å². The van der Waals surface area contributed by atoms with Crippen molar-refractivity contribution in [3.63, 3.8) is 0 Å². The molecular formula is C21H19F4N3O. The van der Waals surface area contributed by atoms with E-state index in [0.717, 1.165) is 22.8 Å². The standard InChI is InChI=1S/C21H19F4N3O/c1-27-18-13-28(12-15-4-2-3-5-19(15)29-21(23,24)25)11-10-17(18)26-20(27)14-6-8-16(22)9-7-14/h2-9H,10-13H2,1H3. The molecule has 0 fully saturated rings. The first-order chi connectivity index (χ1) is 13.8. The summed E-state index contributed by atoms with van der Waals surface area (Å²) in [6.07, 6.45) is -4.04. The fourth-order valence-electron chi connectivity index (χ4n) is 3.63. The summed E-state index contributed by atoms with van der Waals surface area (Å²) in [5.41, 5.74) is 3.26. The largest absolute Gasteiger partial charge is 0.573 e. The van der Waals surface area contributed by atoms with Crippen molar-refractivity contribution in [2.75, 3.05) is 6.54 Å². The van der Waals surface area contributed by atoms with Gasteiger partial charge in [-0.05, 0) is 30.3 Å². The van der Waals surface area contributed by atoms with Crippen molar-refractivity contribution in [1.82, 2.24) is 14.5 Å². The zero-order chi connectivity index (χ0) is 20.6. The minimum atomic E-state index is -4.72. The second-order valence-electron chi connectivity index (χ2n) is 7.01. The molecule has 0 saturated carbocycles. The number of fused-ring (bicyclic) bond motifs is 1. The Bertz CT molecular complexity index is 1010. The Morgan fingerprint density at radius 1 is 1.07 bits per heavy atom. The van der Waals surface area contributed by atoms with Gasteiger partial charge in [0.15, 0.2) is 0 Å². The molecule has 2 heterocycles. The number of hydrogen-bond donors (Lipinski definition) is 0. The summed E-state index contributed by atoms with van der Waals surface area (Å²) in [6, 6.07) is 12.4. The fourth-order valence-corrected chi connectivity index (χ4v) is 3.63. The number of imidazole rings is 1. The summed E-state index contributed by atoms with van der Waals surface area (Å²) < 4.78 is 57.3. The third-order valence-electron chi connectivity index (χ3n) is 5.03. The number of nitrogens with zero attached hydrogens (tertiary/aromatic N) is 3. The van der Waals surface area contributed by atoms with Crippen molar-refractivity contribution in [3.05, 3.63) is 71.3 Å². The van der Waals surface area contributed by atoms with Crippen LogP contribution in [-0.4, -0.2) is 27.4 Å². The Labute approximate surface area is 165 Å². The van der Waals surface area contributed by atoms with E-state index in [2.05, 4.69) is 9.64 Å². The molecule has 0 spiro atoms. The summed E-state index contributed by atoms with van der Waals surface area (Å²) in [5.74, 6) is 0.263. The molecule has 0 unspecified atom stereocenters. The molecule has 2 aromatic carbocycles. The van der Waals surface area contributed by atoms with Crippen LogP contribution >= 0.6 is 0 Å². The van der Waals surface area contributed by atoms with Crippen LogP contribution in [-0.2, 0) is 26.6 Å². The second kappa shape index (κ2) is 7.51. The number of ether oxygens (including phenoxy) is 1. The number of rotatable bonds is 4. The normalized spacial score (nSPS) is 14.7. The highest BCUT2D eigenvalue weighted by Gasteiger charge is 2.32. The number of alkyl halides is 3. The van der Waals surface area contributed by atoms with Gasteiger partial charge in [-0.1, -0.05) is 18.2 Å². The Morgan fingerprint density at radius 3 is 2.52 bits per heavy atom. The zero-order valence-corrected chi connectivity index (χ0v) is 15.7. The average Bonchev–Trinajstić information content (AvgIpc) is 2.99. The van der Waals surface area contributed by atoms with Crippen LogP contribution in [0.25, 0.3) is 11.4 Å². The number of halogens is 4. The number of aromatic nitrogens is 2. The molecule has 0 saturated heterocycles. The topological polar surface area (TPSA) is 30.3 Å². The lowest BCUT2D eigenvalue weighted by Gasteiger charge is -2.27. The Hall–Kier alpha value is -2.87. The lowest BCUT2D eigenvalue weighted by atomic mass is 10.1. The van der Waals surface area contributed by atoms with Gasteiger partial charge in [0.2, 0.25) is 0 Å². The highest BCUT2D eigenvalue weighted by Crippen LogP contribution is 2.30. The van der Waals surface area contributed by atoms with Crippen molar-refractivity contribution >= 4 is 0 Å². The van der Waals surface area contributed by atoms with E-state index in [1.165, 1.54) is 24.3 Å². The maximum absolute atomic E-state index is 13.2. The molecule has 1 aromatic heterocycles. The van der Waals surface area contributed by atoms with Crippen molar-refractivity contribution in [2.24, 2.45) is 7.05 Å².